The fraction of sp³-hybridized carbons (Fsp3) is 0.660. The Morgan fingerprint density at radius 3 is 2.28 bits per heavy atom. The number of carbonyl (C=O) groups is 3. The van der Waals surface area contributed by atoms with Crippen molar-refractivity contribution in [3.8, 4) is 23.2 Å². The summed E-state index contributed by atoms with van der Waals surface area (Å²) < 4.78 is 46.8. The molecule has 3 aromatic rings. The van der Waals surface area contributed by atoms with Crippen molar-refractivity contribution < 1.29 is 61.5 Å². The molecule has 6 bridgehead atoms. The lowest BCUT2D eigenvalue weighted by Crippen LogP contribution is -2.39. The minimum Gasteiger partial charge on any atom is -0.462 e. The Morgan fingerprint density at radius 1 is 0.922 bits per heavy atom. The zero-order valence-corrected chi connectivity index (χ0v) is 39.2. The average Bonchev–Trinajstić information content (AvgIpc) is 4.07. The number of Topliss-reactive ketones (excluding diaryl/α,β-unsaturated/α-hetero) is 1. The fourth-order valence-electron chi connectivity index (χ4n) is 8.46. The first-order valence-corrected chi connectivity index (χ1v) is 22.1. The van der Waals surface area contributed by atoms with Crippen LogP contribution in [0.2, 0.25) is 0 Å². The van der Waals surface area contributed by atoms with Crippen LogP contribution in [-0.4, -0.2) is 120 Å². The molecule has 1 aliphatic rings. The van der Waals surface area contributed by atoms with Gasteiger partial charge in [-0.3, -0.25) is 14.4 Å². The van der Waals surface area contributed by atoms with Crippen LogP contribution >= 0.6 is 0 Å². The number of ether oxygens (including phenoxy) is 5. The molecule has 0 unspecified atom stereocenters. The van der Waals surface area contributed by atoms with E-state index in [1.807, 2.05) is 53.7 Å². The summed E-state index contributed by atoms with van der Waals surface area (Å²) in [5, 5.41) is 22.5. The van der Waals surface area contributed by atoms with Crippen molar-refractivity contribution in [3.63, 3.8) is 0 Å². The third-order valence-electron chi connectivity index (χ3n) is 12.6. The van der Waals surface area contributed by atoms with Crippen LogP contribution in [0.5, 0.6) is 0 Å². The second-order valence-electron chi connectivity index (χ2n) is 17.5. The largest absolute Gasteiger partial charge is 0.462 e. The van der Waals surface area contributed by atoms with E-state index < -0.39 is 54.4 Å². The lowest BCUT2D eigenvalue weighted by molar-refractivity contribution is -0.160. The molecule has 1 amide bonds. The van der Waals surface area contributed by atoms with Gasteiger partial charge < -0.3 is 52.0 Å². The number of aromatic nitrogens is 3. The van der Waals surface area contributed by atoms with Crippen molar-refractivity contribution in [2.24, 2.45) is 35.5 Å². The lowest BCUT2D eigenvalue weighted by Gasteiger charge is -2.34. The number of aliphatic hydroxyl groups is 2. The smallest absolute Gasteiger partial charge is 0.308 e. The minimum absolute atomic E-state index is 0.0411. The monoisotopic (exact) mass is 898 g/mol. The van der Waals surface area contributed by atoms with Gasteiger partial charge in [-0.25, -0.2) is 15.0 Å². The molecule has 3 aromatic heterocycles. The molecule has 17 nitrogen and oxygen atoms in total. The number of hydrogen-bond donors (Lipinski definition) is 2. The quantitative estimate of drug-likeness (QED) is 0.108. The summed E-state index contributed by atoms with van der Waals surface area (Å²) in [5.74, 6) is -1.41. The van der Waals surface area contributed by atoms with E-state index in [2.05, 4.69) is 15.0 Å². The molecule has 1 aliphatic heterocycles. The summed E-state index contributed by atoms with van der Waals surface area (Å²) in [6.07, 6.45) is 9.48. The summed E-state index contributed by atoms with van der Waals surface area (Å²) in [5.41, 5.74) is 1.16. The molecule has 0 saturated carbocycles. The number of carbonyl (C=O) groups excluding carboxylic acids is 3. The predicted octanol–water partition coefficient (Wildman–Crippen LogP) is 7.10. The Kier molecular flexibility index (Phi) is 20.6. The topological polar surface area (TPSA) is 219 Å². The summed E-state index contributed by atoms with van der Waals surface area (Å²) in [4.78, 5) is 53.2. The van der Waals surface area contributed by atoms with Crippen molar-refractivity contribution in [2.75, 3.05) is 35.5 Å². The first-order valence-electron chi connectivity index (χ1n) is 22.1. The second-order valence-corrected chi connectivity index (χ2v) is 17.5. The second kappa shape index (κ2) is 25.2. The molecule has 4 heterocycles. The third kappa shape index (κ3) is 14.5. The highest BCUT2D eigenvalue weighted by atomic mass is 16.6. The zero-order valence-electron chi connectivity index (χ0n) is 39.2. The highest BCUT2D eigenvalue weighted by molar-refractivity contribution is 5.81. The van der Waals surface area contributed by atoms with Crippen molar-refractivity contribution in [3.05, 3.63) is 48.7 Å². The zero-order chi connectivity index (χ0) is 47.1. The van der Waals surface area contributed by atoms with Gasteiger partial charge in [0.15, 0.2) is 11.4 Å². The van der Waals surface area contributed by atoms with Gasteiger partial charge in [0, 0.05) is 78.2 Å². The highest BCUT2D eigenvalue weighted by Crippen LogP contribution is 2.34. The van der Waals surface area contributed by atoms with Gasteiger partial charge in [0.2, 0.25) is 24.1 Å². The van der Waals surface area contributed by atoms with Crippen molar-refractivity contribution >= 4 is 24.2 Å². The number of cyclic esters (lactones) is 1. The van der Waals surface area contributed by atoms with Crippen LogP contribution in [0.1, 0.15) is 104 Å². The van der Waals surface area contributed by atoms with Gasteiger partial charge in [-0.1, -0.05) is 53.7 Å². The van der Waals surface area contributed by atoms with Crippen LogP contribution < -0.4 is 0 Å². The first-order chi connectivity index (χ1) is 30.5. The van der Waals surface area contributed by atoms with E-state index >= 15 is 0 Å². The van der Waals surface area contributed by atoms with E-state index in [0.717, 1.165) is 0 Å². The molecule has 64 heavy (non-hydrogen) atoms. The number of amides is 1. The number of oxazole rings is 3. The van der Waals surface area contributed by atoms with E-state index in [1.165, 1.54) is 30.8 Å². The molecule has 0 spiro atoms. The molecule has 13 atom stereocenters. The van der Waals surface area contributed by atoms with E-state index in [-0.39, 0.29) is 66.6 Å². The van der Waals surface area contributed by atoms with Gasteiger partial charge in [0.25, 0.3) is 0 Å². The van der Waals surface area contributed by atoms with Gasteiger partial charge in [-0.2, -0.15) is 0 Å². The first kappa shape index (κ1) is 52.1. The van der Waals surface area contributed by atoms with E-state index in [1.54, 1.807) is 40.7 Å². The molecule has 4 rings (SSSR count). The Hall–Kier alpha value is -4.52. The van der Waals surface area contributed by atoms with Gasteiger partial charge in [-0.05, 0) is 43.6 Å². The van der Waals surface area contributed by atoms with Gasteiger partial charge in [-0.15, -0.1) is 0 Å². The Bertz CT molecular complexity index is 1940. The van der Waals surface area contributed by atoms with Crippen LogP contribution in [0.25, 0.3) is 29.2 Å². The molecule has 2 N–H and O–H groups in total. The lowest BCUT2D eigenvalue weighted by atomic mass is 9.84. The maximum Gasteiger partial charge on any atom is 0.308 e. The maximum atomic E-state index is 13.7. The third-order valence-corrected chi connectivity index (χ3v) is 12.6. The van der Waals surface area contributed by atoms with Gasteiger partial charge in [0.1, 0.15) is 42.5 Å². The van der Waals surface area contributed by atoms with E-state index in [4.69, 9.17) is 36.9 Å². The Morgan fingerprint density at radius 2 is 1.61 bits per heavy atom. The van der Waals surface area contributed by atoms with Crippen LogP contribution in [0.3, 0.4) is 0 Å². The molecule has 0 aromatic carbocycles. The molecule has 0 radical (unpaired) electrons. The number of ketones is 1. The molecule has 17 heteroatoms. The molecule has 0 aliphatic carbocycles. The number of fused-ring (bicyclic) bond motifs is 8. The molecular weight excluding hydrogens is 829 g/mol. The number of methoxy groups -OCH3 is 4. The summed E-state index contributed by atoms with van der Waals surface area (Å²) in [6.45, 7) is 11.5. The van der Waals surface area contributed by atoms with Crippen LogP contribution in [0.15, 0.2) is 50.4 Å². The summed E-state index contributed by atoms with van der Waals surface area (Å²) >= 11 is 0. The predicted molar refractivity (Wildman–Crippen MR) is 236 cm³/mol. The van der Waals surface area contributed by atoms with Crippen LogP contribution in [-0.2, 0) is 38.1 Å². The van der Waals surface area contributed by atoms with Crippen LogP contribution in [0.4, 0.5) is 0 Å². The summed E-state index contributed by atoms with van der Waals surface area (Å²) in [7, 11) is 7.94. The van der Waals surface area contributed by atoms with E-state index in [0.29, 0.717) is 55.1 Å². The van der Waals surface area contributed by atoms with Gasteiger partial charge in [0.05, 0.1) is 36.9 Å². The number of nitrogens with zero attached hydrogens (tertiary/aromatic N) is 4. The van der Waals surface area contributed by atoms with Crippen molar-refractivity contribution in [1.29, 1.82) is 0 Å². The fourth-order valence-corrected chi connectivity index (χ4v) is 8.46. The number of esters is 1. The molecular formula is C47H70N4O13. The maximum absolute atomic E-state index is 13.7. The molecule has 356 valence electrons. The number of hydrogen-bond acceptors (Lipinski definition) is 16. The van der Waals surface area contributed by atoms with Gasteiger partial charge >= 0.3 is 5.97 Å². The van der Waals surface area contributed by atoms with Crippen LogP contribution in [0, 0.1) is 35.5 Å². The average molecular weight is 899 g/mol. The highest BCUT2D eigenvalue weighted by Gasteiger charge is 2.35. The molecule has 0 fully saturated rings. The number of aliphatic hydroxyl groups excluding tert-OH is 2. The normalized spacial score (nSPS) is 26.5. The van der Waals surface area contributed by atoms with Crippen molar-refractivity contribution in [2.45, 2.75) is 129 Å². The molecule has 0 saturated heterocycles. The minimum atomic E-state index is -1.03. The SMILES string of the molecule is CO[C@H]([C@H](C)C=CN(C)C=O)[C@@H](C)C(=O)CC[C@H](C)[C@H](C[C@@H]1OC(=O)C[C@@H](O)C[C@H](C)C[C@H](O)[C@H](C)[C@@H](OC)c2coc(n2)-c2coc(n2)-c2coc(n2)C=CC[C@H](OC)[C@H]1C)OC. The Labute approximate surface area is 376 Å². The Balaban J connectivity index is 1.55. The summed E-state index contributed by atoms with van der Waals surface area (Å²) in [6, 6.07) is 0. The standard InChI is InChI=1S/C47H70N4O13/c1-27-19-33(53)21-43(56)64-41(22-40(58-9)28(2)15-16-37(54)30(4)44(59-10)29(3)17-18-51(7)26-52)32(6)39(57-8)13-12-14-42-48-35(24-61-42)46-50-36(25-63-46)47-49-34(23-62-47)45(60-11)31(5)38(55)20-27/h12,14,17-18,23-33,38-41,44-45,53,55H,13,15-16,19-22H2,1-11H3/t27-,28-,29+,30-,31-,32+,33-,38-,39-,40-,41-,44+,45+/m0/s1. The van der Waals surface area contributed by atoms with Crippen molar-refractivity contribution in [1.82, 2.24) is 19.9 Å². The van der Waals surface area contributed by atoms with E-state index in [9.17, 15) is 24.6 Å². The number of rotatable bonds is 16.